The highest BCUT2D eigenvalue weighted by Gasteiger charge is 2.35. The van der Waals surface area contributed by atoms with Crippen molar-refractivity contribution in [2.75, 3.05) is 0 Å². The molecule has 0 saturated carbocycles. The minimum atomic E-state index is -4.85. The number of aromatic nitrogens is 1. The summed E-state index contributed by atoms with van der Waals surface area (Å²) in [6.45, 7) is 4.49. The second-order valence-electron chi connectivity index (χ2n) is 5.49. The van der Waals surface area contributed by atoms with E-state index in [1.165, 1.54) is 0 Å². The summed E-state index contributed by atoms with van der Waals surface area (Å²) in [6.07, 6.45) is -4.85. The predicted octanol–water partition coefficient (Wildman–Crippen LogP) is 1.13. The van der Waals surface area contributed by atoms with Gasteiger partial charge in [0.15, 0.2) is 0 Å². The molecule has 1 unspecified atom stereocenters. The van der Waals surface area contributed by atoms with Crippen LogP contribution in [0.25, 0.3) is 0 Å². The highest BCUT2D eigenvalue weighted by Crippen LogP contribution is 2.28. The molecule has 0 aliphatic carbocycles. The van der Waals surface area contributed by atoms with E-state index >= 15 is 0 Å². The van der Waals surface area contributed by atoms with Crippen LogP contribution in [0.15, 0.2) is 16.9 Å². The van der Waals surface area contributed by atoms with Crippen LogP contribution in [0.3, 0.4) is 0 Å². The fourth-order valence-corrected chi connectivity index (χ4v) is 1.78. The summed E-state index contributed by atoms with van der Waals surface area (Å²) in [5, 5.41) is 2.50. The van der Waals surface area contributed by atoms with Crippen molar-refractivity contribution in [1.82, 2.24) is 9.88 Å². The Morgan fingerprint density at radius 1 is 1.26 bits per heavy atom. The number of hydrogen-bond acceptors (Lipinski definition) is 3. The molecular formula is C14H18F3N3O3. The first-order chi connectivity index (χ1) is 10.4. The van der Waals surface area contributed by atoms with Gasteiger partial charge in [-0.25, -0.2) is 0 Å². The maximum Gasteiger partial charge on any atom is 0.431 e. The molecule has 1 rings (SSSR count). The van der Waals surface area contributed by atoms with E-state index in [0.717, 1.165) is 0 Å². The van der Waals surface area contributed by atoms with Crippen LogP contribution in [0, 0.1) is 5.92 Å². The molecule has 0 aliphatic rings. The Balaban J connectivity index is 3.26. The van der Waals surface area contributed by atoms with Crippen molar-refractivity contribution in [3.05, 3.63) is 33.7 Å². The number of nitrogens with one attached hydrogen (secondary N) is 1. The Morgan fingerprint density at radius 3 is 2.26 bits per heavy atom. The first-order valence-electron chi connectivity index (χ1n) is 6.85. The molecule has 23 heavy (non-hydrogen) atoms. The van der Waals surface area contributed by atoms with Crippen molar-refractivity contribution in [3.63, 3.8) is 0 Å². The van der Waals surface area contributed by atoms with E-state index in [2.05, 4.69) is 5.32 Å². The van der Waals surface area contributed by atoms with Gasteiger partial charge in [0.1, 0.15) is 17.8 Å². The van der Waals surface area contributed by atoms with E-state index in [1.807, 2.05) is 13.8 Å². The van der Waals surface area contributed by atoms with Gasteiger partial charge >= 0.3 is 6.18 Å². The molecule has 0 aliphatic heterocycles. The molecule has 0 radical (unpaired) electrons. The number of rotatable bonds is 5. The van der Waals surface area contributed by atoms with Gasteiger partial charge in [-0.2, -0.15) is 13.2 Å². The Hall–Kier alpha value is -2.32. The molecule has 1 aromatic rings. The van der Waals surface area contributed by atoms with Crippen LogP contribution in [0.1, 0.15) is 36.8 Å². The topological polar surface area (TPSA) is 94.2 Å². The summed E-state index contributed by atoms with van der Waals surface area (Å²) in [6, 6.07) is 0.978. The van der Waals surface area contributed by atoms with E-state index in [4.69, 9.17) is 5.73 Å². The Labute approximate surface area is 130 Å². The molecule has 0 aromatic carbocycles. The molecule has 1 aromatic heterocycles. The van der Waals surface area contributed by atoms with Crippen LogP contribution in [-0.4, -0.2) is 22.4 Å². The van der Waals surface area contributed by atoms with Crippen LogP contribution < -0.4 is 16.6 Å². The number of hydrogen-bond donors (Lipinski definition) is 2. The summed E-state index contributed by atoms with van der Waals surface area (Å²) in [7, 11) is 0. The number of nitrogens with zero attached hydrogens (tertiary/aromatic N) is 1. The van der Waals surface area contributed by atoms with Gasteiger partial charge in [-0.05, 0) is 25.0 Å². The van der Waals surface area contributed by atoms with Crippen molar-refractivity contribution in [2.45, 2.75) is 39.5 Å². The lowest BCUT2D eigenvalue weighted by molar-refractivity contribution is -0.144. The summed E-state index contributed by atoms with van der Waals surface area (Å²) < 4.78 is 39.2. The average molecular weight is 333 g/mol. The van der Waals surface area contributed by atoms with Crippen molar-refractivity contribution < 1.29 is 22.8 Å². The van der Waals surface area contributed by atoms with Crippen molar-refractivity contribution in [2.24, 2.45) is 11.7 Å². The molecule has 0 saturated heterocycles. The minimum absolute atomic E-state index is 0.0645. The number of carbonyl (C=O) groups excluding carboxylic acids is 2. The number of nitrogens with two attached hydrogens (primary N) is 1. The minimum Gasteiger partial charge on any atom is -0.365 e. The van der Waals surface area contributed by atoms with Gasteiger partial charge in [0.2, 0.25) is 5.91 Å². The number of pyridine rings is 1. The molecule has 0 bridgehead atoms. The third kappa shape index (κ3) is 4.57. The monoisotopic (exact) mass is 333 g/mol. The maximum absolute atomic E-state index is 13.0. The van der Waals surface area contributed by atoms with Crippen LogP contribution in [0.2, 0.25) is 0 Å². The number of primary amides is 1. The number of halogens is 3. The Bertz CT molecular complexity index is 665. The van der Waals surface area contributed by atoms with E-state index < -0.39 is 41.4 Å². The maximum atomic E-state index is 13.0. The van der Waals surface area contributed by atoms with Crippen molar-refractivity contribution in [3.8, 4) is 0 Å². The first kappa shape index (κ1) is 18.7. The molecule has 0 fully saturated rings. The second-order valence-corrected chi connectivity index (χ2v) is 5.49. The zero-order valence-electron chi connectivity index (χ0n) is 12.9. The van der Waals surface area contributed by atoms with Crippen LogP contribution in [0.4, 0.5) is 13.2 Å². The van der Waals surface area contributed by atoms with Crippen LogP contribution >= 0.6 is 0 Å². The molecule has 0 spiro atoms. The largest absolute Gasteiger partial charge is 0.431 e. The Morgan fingerprint density at radius 2 is 1.83 bits per heavy atom. The SMILES string of the molecule is CC(C)C(C)NC(=O)Cn1c(C(F)(F)F)ccc(C(N)=O)c1=O. The molecular weight excluding hydrogens is 315 g/mol. The van der Waals surface area contributed by atoms with E-state index in [0.29, 0.717) is 12.1 Å². The van der Waals surface area contributed by atoms with Crippen molar-refractivity contribution in [1.29, 1.82) is 0 Å². The molecule has 3 N–H and O–H groups in total. The van der Waals surface area contributed by atoms with Gasteiger partial charge in [0.05, 0.1) is 0 Å². The third-order valence-electron chi connectivity index (χ3n) is 3.42. The van der Waals surface area contributed by atoms with E-state index in [1.54, 1.807) is 6.92 Å². The molecule has 9 heteroatoms. The second kappa shape index (κ2) is 6.84. The smallest absolute Gasteiger partial charge is 0.365 e. The van der Waals surface area contributed by atoms with Gasteiger partial charge in [-0.15, -0.1) is 0 Å². The lowest BCUT2D eigenvalue weighted by atomic mass is 10.1. The molecule has 128 valence electrons. The third-order valence-corrected chi connectivity index (χ3v) is 3.42. The molecule has 1 atom stereocenters. The number of alkyl halides is 3. The zero-order chi connectivity index (χ0) is 17.9. The standard InChI is InChI=1S/C14H18F3N3O3/c1-7(2)8(3)19-11(21)6-20-10(14(15,16)17)5-4-9(12(18)22)13(20)23/h4-5,7-8H,6H2,1-3H3,(H2,18,22)(H,19,21). The lowest BCUT2D eigenvalue weighted by Crippen LogP contribution is -2.42. The van der Waals surface area contributed by atoms with Gasteiger partial charge < -0.3 is 11.1 Å². The fraction of sp³-hybridized carbons (Fsp3) is 0.500. The summed E-state index contributed by atoms with van der Waals surface area (Å²) >= 11 is 0. The molecule has 6 nitrogen and oxygen atoms in total. The van der Waals surface area contributed by atoms with E-state index in [-0.39, 0.29) is 16.5 Å². The predicted molar refractivity (Wildman–Crippen MR) is 76.7 cm³/mol. The normalized spacial score (nSPS) is 13.0. The van der Waals surface area contributed by atoms with Crippen LogP contribution in [0.5, 0.6) is 0 Å². The average Bonchev–Trinajstić information content (AvgIpc) is 2.38. The summed E-state index contributed by atoms with van der Waals surface area (Å²) in [5.74, 6) is -1.86. The van der Waals surface area contributed by atoms with Crippen LogP contribution in [-0.2, 0) is 17.5 Å². The fourth-order valence-electron chi connectivity index (χ4n) is 1.78. The van der Waals surface area contributed by atoms with E-state index in [9.17, 15) is 27.6 Å². The van der Waals surface area contributed by atoms with Gasteiger partial charge in [-0.3, -0.25) is 19.0 Å². The van der Waals surface area contributed by atoms with Gasteiger partial charge in [0.25, 0.3) is 11.5 Å². The highest BCUT2D eigenvalue weighted by molar-refractivity contribution is 5.92. The highest BCUT2D eigenvalue weighted by atomic mass is 19.4. The lowest BCUT2D eigenvalue weighted by Gasteiger charge is -2.20. The summed E-state index contributed by atoms with van der Waals surface area (Å²) in [4.78, 5) is 35.0. The summed E-state index contributed by atoms with van der Waals surface area (Å²) in [5.41, 5.74) is 1.78. The Kier molecular flexibility index (Phi) is 5.57. The number of carbonyl (C=O) groups is 2. The van der Waals surface area contributed by atoms with Gasteiger partial charge in [-0.1, -0.05) is 13.8 Å². The van der Waals surface area contributed by atoms with Crippen molar-refractivity contribution >= 4 is 11.8 Å². The quantitative estimate of drug-likeness (QED) is 0.845. The van der Waals surface area contributed by atoms with Gasteiger partial charge in [0, 0.05) is 6.04 Å². The molecule has 1 heterocycles. The molecule has 2 amide bonds. The zero-order valence-corrected chi connectivity index (χ0v) is 12.9. The first-order valence-corrected chi connectivity index (χ1v) is 6.85. The number of amides is 2.